The number of hydrogen-bond acceptors (Lipinski definition) is 6. The molecule has 8 heteroatoms. The van der Waals surface area contributed by atoms with Gasteiger partial charge in [0.2, 0.25) is 0 Å². The first-order chi connectivity index (χ1) is 11.8. The molecule has 0 saturated heterocycles. The molecule has 0 bridgehead atoms. The van der Waals surface area contributed by atoms with Gasteiger partial charge in [-0.1, -0.05) is 0 Å². The number of fused-ring (bicyclic) bond motifs is 1. The molecule has 1 aromatic carbocycles. The van der Waals surface area contributed by atoms with Crippen LogP contribution in [-0.4, -0.2) is 33.7 Å². The standard InChI is InChI=1S/C17H17NO5S2/c1-23-17(20)14-12-4-3-5-13(12)24-16(14)18-15(19)10-6-8-11(9-7-10)25(2,21)22/h6-9H,3-5H2,1-2H3,(H,18,19). The van der Waals surface area contributed by atoms with Crippen molar-refractivity contribution in [1.29, 1.82) is 0 Å². The number of aryl methyl sites for hydroxylation is 1. The summed E-state index contributed by atoms with van der Waals surface area (Å²) in [4.78, 5) is 25.8. The Morgan fingerprint density at radius 2 is 1.84 bits per heavy atom. The molecule has 0 fully saturated rings. The predicted octanol–water partition coefficient (Wildman–Crippen LogP) is 2.68. The number of benzene rings is 1. The van der Waals surface area contributed by atoms with E-state index in [1.165, 1.54) is 42.7 Å². The number of rotatable bonds is 4. The van der Waals surface area contributed by atoms with E-state index in [4.69, 9.17) is 4.74 Å². The van der Waals surface area contributed by atoms with Crippen molar-refractivity contribution >= 4 is 38.1 Å². The van der Waals surface area contributed by atoms with Gasteiger partial charge >= 0.3 is 5.97 Å². The molecule has 1 heterocycles. The van der Waals surface area contributed by atoms with Gasteiger partial charge in [0, 0.05) is 16.7 Å². The van der Waals surface area contributed by atoms with Gasteiger partial charge in [-0.05, 0) is 49.1 Å². The second kappa shape index (κ2) is 6.61. The van der Waals surface area contributed by atoms with Gasteiger partial charge in [-0.15, -0.1) is 11.3 Å². The molecule has 3 rings (SSSR count). The van der Waals surface area contributed by atoms with E-state index in [1.54, 1.807) is 0 Å². The Hall–Kier alpha value is -2.19. The molecule has 0 spiro atoms. The van der Waals surface area contributed by atoms with Crippen molar-refractivity contribution in [3.05, 3.63) is 45.8 Å². The van der Waals surface area contributed by atoms with E-state index in [9.17, 15) is 18.0 Å². The second-order valence-corrected chi connectivity index (χ2v) is 8.92. The zero-order chi connectivity index (χ0) is 18.2. The fourth-order valence-corrected chi connectivity index (χ4v) is 4.74. The first-order valence-electron chi connectivity index (χ1n) is 7.65. The minimum Gasteiger partial charge on any atom is -0.465 e. The second-order valence-electron chi connectivity index (χ2n) is 5.80. The molecule has 1 N–H and O–H groups in total. The molecule has 0 saturated carbocycles. The van der Waals surface area contributed by atoms with Gasteiger partial charge < -0.3 is 10.1 Å². The lowest BCUT2D eigenvalue weighted by molar-refractivity contribution is 0.0601. The van der Waals surface area contributed by atoms with Crippen molar-refractivity contribution in [3.63, 3.8) is 0 Å². The van der Waals surface area contributed by atoms with Crippen LogP contribution >= 0.6 is 11.3 Å². The highest BCUT2D eigenvalue weighted by molar-refractivity contribution is 7.90. The van der Waals surface area contributed by atoms with Crippen LogP contribution < -0.4 is 5.32 Å². The number of amides is 1. The van der Waals surface area contributed by atoms with Crippen molar-refractivity contribution in [2.75, 3.05) is 18.7 Å². The smallest absolute Gasteiger partial charge is 0.341 e. The Bertz CT molecular complexity index is 942. The average molecular weight is 379 g/mol. The Kier molecular flexibility index (Phi) is 4.66. The number of anilines is 1. The summed E-state index contributed by atoms with van der Waals surface area (Å²) in [6.45, 7) is 0. The van der Waals surface area contributed by atoms with E-state index in [2.05, 4.69) is 5.32 Å². The van der Waals surface area contributed by atoms with Crippen molar-refractivity contribution in [1.82, 2.24) is 0 Å². The zero-order valence-corrected chi connectivity index (χ0v) is 15.4. The number of nitrogens with one attached hydrogen (secondary N) is 1. The lowest BCUT2D eigenvalue weighted by Gasteiger charge is -2.07. The Morgan fingerprint density at radius 1 is 1.16 bits per heavy atom. The van der Waals surface area contributed by atoms with Gasteiger partial charge in [0.25, 0.3) is 5.91 Å². The minimum atomic E-state index is -3.31. The van der Waals surface area contributed by atoms with Crippen LogP contribution in [0.1, 0.15) is 37.6 Å². The van der Waals surface area contributed by atoms with Crippen LogP contribution in [0.25, 0.3) is 0 Å². The van der Waals surface area contributed by atoms with Gasteiger partial charge in [0.15, 0.2) is 9.84 Å². The Balaban J connectivity index is 1.88. The first-order valence-corrected chi connectivity index (χ1v) is 10.4. The fraction of sp³-hybridized carbons (Fsp3) is 0.294. The molecular formula is C17H17NO5S2. The number of ether oxygens (including phenoxy) is 1. The van der Waals surface area contributed by atoms with Crippen LogP contribution in [0, 0.1) is 0 Å². The topological polar surface area (TPSA) is 89.5 Å². The van der Waals surface area contributed by atoms with Crippen molar-refractivity contribution in [2.24, 2.45) is 0 Å². The van der Waals surface area contributed by atoms with Crippen LogP contribution in [0.3, 0.4) is 0 Å². The lowest BCUT2D eigenvalue weighted by Crippen LogP contribution is -2.14. The number of methoxy groups -OCH3 is 1. The van der Waals surface area contributed by atoms with Crippen LogP contribution in [-0.2, 0) is 27.4 Å². The summed E-state index contributed by atoms with van der Waals surface area (Å²) < 4.78 is 27.8. The monoisotopic (exact) mass is 379 g/mol. The normalized spacial score (nSPS) is 13.4. The third-order valence-corrected chi connectivity index (χ3v) is 6.42. The summed E-state index contributed by atoms with van der Waals surface area (Å²) >= 11 is 1.39. The lowest BCUT2D eigenvalue weighted by atomic mass is 10.1. The summed E-state index contributed by atoms with van der Waals surface area (Å²) in [5.74, 6) is -0.854. The number of carbonyl (C=O) groups is 2. The largest absolute Gasteiger partial charge is 0.465 e. The van der Waals surface area contributed by atoms with Gasteiger partial charge in [-0.2, -0.15) is 0 Å². The van der Waals surface area contributed by atoms with E-state index in [1.807, 2.05) is 0 Å². The highest BCUT2D eigenvalue weighted by Crippen LogP contribution is 2.39. The minimum absolute atomic E-state index is 0.148. The highest BCUT2D eigenvalue weighted by Gasteiger charge is 2.28. The molecule has 25 heavy (non-hydrogen) atoms. The van der Waals surface area contributed by atoms with Gasteiger partial charge in [0.05, 0.1) is 17.6 Å². The van der Waals surface area contributed by atoms with Crippen molar-refractivity contribution in [3.8, 4) is 0 Å². The molecule has 2 aromatic rings. The maximum Gasteiger partial charge on any atom is 0.341 e. The van der Waals surface area contributed by atoms with E-state index in [0.717, 1.165) is 36.0 Å². The van der Waals surface area contributed by atoms with E-state index < -0.39 is 21.7 Å². The number of hydrogen-bond donors (Lipinski definition) is 1. The number of thiophene rings is 1. The first kappa shape index (κ1) is 17.6. The summed E-state index contributed by atoms with van der Waals surface area (Å²) in [7, 11) is -2.00. The maximum atomic E-state index is 12.5. The van der Waals surface area contributed by atoms with Gasteiger partial charge in [-0.3, -0.25) is 4.79 Å². The Morgan fingerprint density at radius 3 is 2.44 bits per heavy atom. The van der Waals surface area contributed by atoms with Crippen LogP contribution in [0.2, 0.25) is 0 Å². The third-order valence-electron chi connectivity index (χ3n) is 4.08. The molecule has 6 nitrogen and oxygen atoms in total. The SMILES string of the molecule is COC(=O)c1c(NC(=O)c2ccc(S(C)(=O)=O)cc2)sc2c1CCC2. The van der Waals surface area contributed by atoms with Crippen LogP contribution in [0.4, 0.5) is 5.00 Å². The van der Waals surface area contributed by atoms with E-state index in [-0.39, 0.29) is 4.90 Å². The molecule has 0 atom stereocenters. The Labute approximate surface area is 149 Å². The number of sulfone groups is 1. The zero-order valence-electron chi connectivity index (χ0n) is 13.8. The molecule has 1 aromatic heterocycles. The van der Waals surface area contributed by atoms with Gasteiger partial charge in [-0.25, -0.2) is 13.2 Å². The summed E-state index contributed by atoms with van der Waals surface area (Å²) in [5.41, 5.74) is 1.71. The molecule has 132 valence electrons. The average Bonchev–Trinajstić information content (AvgIpc) is 3.14. The summed E-state index contributed by atoms with van der Waals surface area (Å²) in [5, 5.41) is 3.24. The number of carbonyl (C=O) groups excluding carboxylic acids is 2. The van der Waals surface area contributed by atoms with Crippen molar-refractivity contribution < 1.29 is 22.7 Å². The molecule has 0 unspecified atom stereocenters. The van der Waals surface area contributed by atoms with Gasteiger partial charge in [0.1, 0.15) is 5.00 Å². The van der Waals surface area contributed by atoms with E-state index in [0.29, 0.717) is 16.1 Å². The fourth-order valence-electron chi connectivity index (χ4n) is 2.84. The predicted molar refractivity (Wildman–Crippen MR) is 95.2 cm³/mol. The van der Waals surface area contributed by atoms with Crippen molar-refractivity contribution in [2.45, 2.75) is 24.2 Å². The van der Waals surface area contributed by atoms with Crippen LogP contribution in [0.15, 0.2) is 29.2 Å². The van der Waals surface area contributed by atoms with E-state index >= 15 is 0 Å². The molecular weight excluding hydrogens is 362 g/mol. The quantitative estimate of drug-likeness (QED) is 0.825. The summed E-state index contributed by atoms with van der Waals surface area (Å²) in [6.07, 6.45) is 3.79. The number of esters is 1. The third kappa shape index (κ3) is 3.45. The molecule has 1 aliphatic carbocycles. The molecule has 0 radical (unpaired) electrons. The maximum absolute atomic E-state index is 12.5. The molecule has 1 amide bonds. The van der Waals surface area contributed by atoms with Crippen LogP contribution in [0.5, 0.6) is 0 Å². The molecule has 0 aliphatic heterocycles. The summed E-state index contributed by atoms with van der Waals surface area (Å²) in [6, 6.07) is 5.68. The molecule has 1 aliphatic rings. The highest BCUT2D eigenvalue weighted by atomic mass is 32.2.